The van der Waals surface area contributed by atoms with Gasteiger partial charge in [0, 0.05) is 19.3 Å². The minimum Gasteiger partial charge on any atom is -0.381 e. The normalized spacial score (nSPS) is 12.6. The van der Waals surface area contributed by atoms with Crippen molar-refractivity contribution in [3.05, 3.63) is 0 Å². The SMILES string of the molecule is CCCCCCCCCCCCCCCCCCOCCCC(N)CCN. The van der Waals surface area contributed by atoms with E-state index in [4.69, 9.17) is 16.2 Å². The van der Waals surface area contributed by atoms with Crippen molar-refractivity contribution in [2.24, 2.45) is 11.5 Å². The first-order chi connectivity index (χ1) is 13.3. The van der Waals surface area contributed by atoms with Gasteiger partial charge in [-0.3, -0.25) is 0 Å². The third-order valence-electron chi connectivity index (χ3n) is 5.54. The maximum absolute atomic E-state index is 5.93. The van der Waals surface area contributed by atoms with Crippen molar-refractivity contribution in [1.29, 1.82) is 0 Å². The number of unbranched alkanes of at least 4 members (excludes halogenated alkanes) is 15. The molecule has 0 rings (SSSR count). The van der Waals surface area contributed by atoms with Gasteiger partial charge in [0.2, 0.25) is 0 Å². The predicted octanol–water partition coefficient (Wildman–Crippen LogP) is 6.72. The molecule has 0 aromatic rings. The van der Waals surface area contributed by atoms with Gasteiger partial charge in [-0.2, -0.15) is 0 Å². The average molecular weight is 385 g/mol. The van der Waals surface area contributed by atoms with Crippen LogP contribution < -0.4 is 11.5 Å². The standard InChI is InChI=1S/C24H52N2O/c1-2-3-4-5-6-7-8-9-10-11-12-13-14-15-16-17-22-27-23-18-19-24(26)20-21-25/h24H,2-23,25-26H2,1H3. The molecule has 0 fully saturated rings. The Morgan fingerprint density at radius 2 is 0.963 bits per heavy atom. The summed E-state index contributed by atoms with van der Waals surface area (Å²) in [6.45, 7) is 4.77. The third kappa shape index (κ3) is 23.8. The van der Waals surface area contributed by atoms with E-state index in [1.165, 1.54) is 103 Å². The molecule has 164 valence electrons. The zero-order valence-electron chi connectivity index (χ0n) is 18.7. The van der Waals surface area contributed by atoms with E-state index in [0.717, 1.165) is 32.5 Å². The Hall–Kier alpha value is -0.120. The van der Waals surface area contributed by atoms with Crippen molar-refractivity contribution in [1.82, 2.24) is 0 Å². The highest BCUT2D eigenvalue weighted by Gasteiger charge is 2.00. The van der Waals surface area contributed by atoms with E-state index < -0.39 is 0 Å². The van der Waals surface area contributed by atoms with Crippen molar-refractivity contribution in [2.75, 3.05) is 19.8 Å². The van der Waals surface area contributed by atoms with Crippen molar-refractivity contribution in [3.8, 4) is 0 Å². The molecule has 0 radical (unpaired) electrons. The highest BCUT2D eigenvalue weighted by molar-refractivity contribution is 4.61. The van der Waals surface area contributed by atoms with Crippen LogP contribution >= 0.6 is 0 Å². The lowest BCUT2D eigenvalue weighted by Crippen LogP contribution is -2.23. The Labute approximate surface area is 171 Å². The van der Waals surface area contributed by atoms with Gasteiger partial charge < -0.3 is 16.2 Å². The molecule has 0 aliphatic rings. The largest absolute Gasteiger partial charge is 0.381 e. The van der Waals surface area contributed by atoms with E-state index in [2.05, 4.69) is 6.92 Å². The molecule has 4 N–H and O–H groups in total. The van der Waals surface area contributed by atoms with Crippen LogP contribution in [0.1, 0.15) is 129 Å². The Morgan fingerprint density at radius 3 is 1.41 bits per heavy atom. The molecule has 0 saturated carbocycles. The van der Waals surface area contributed by atoms with Gasteiger partial charge >= 0.3 is 0 Å². The van der Waals surface area contributed by atoms with E-state index in [-0.39, 0.29) is 6.04 Å². The monoisotopic (exact) mass is 384 g/mol. The lowest BCUT2D eigenvalue weighted by molar-refractivity contribution is 0.124. The highest BCUT2D eigenvalue weighted by Crippen LogP contribution is 2.13. The van der Waals surface area contributed by atoms with Gasteiger partial charge in [-0.1, -0.05) is 103 Å². The van der Waals surface area contributed by atoms with Crippen molar-refractivity contribution < 1.29 is 4.74 Å². The quantitative estimate of drug-likeness (QED) is 0.192. The van der Waals surface area contributed by atoms with Crippen LogP contribution in [0.5, 0.6) is 0 Å². The molecule has 0 aromatic carbocycles. The Morgan fingerprint density at radius 1 is 0.556 bits per heavy atom. The first-order valence-corrected chi connectivity index (χ1v) is 12.3. The predicted molar refractivity (Wildman–Crippen MR) is 121 cm³/mol. The second-order valence-electron chi connectivity index (χ2n) is 8.40. The molecule has 3 heteroatoms. The second-order valence-corrected chi connectivity index (χ2v) is 8.40. The molecule has 0 aliphatic carbocycles. The maximum atomic E-state index is 5.93. The van der Waals surface area contributed by atoms with Crippen molar-refractivity contribution >= 4 is 0 Å². The zero-order valence-corrected chi connectivity index (χ0v) is 18.7. The molecule has 0 aromatic heterocycles. The summed E-state index contributed by atoms with van der Waals surface area (Å²) in [5.41, 5.74) is 11.4. The zero-order chi connectivity index (χ0) is 19.8. The molecular weight excluding hydrogens is 332 g/mol. The van der Waals surface area contributed by atoms with Gasteiger partial charge in [-0.25, -0.2) is 0 Å². The van der Waals surface area contributed by atoms with Crippen LogP contribution in [0.15, 0.2) is 0 Å². The van der Waals surface area contributed by atoms with Crippen molar-refractivity contribution in [3.63, 3.8) is 0 Å². The summed E-state index contributed by atoms with van der Waals surface area (Å²) >= 11 is 0. The molecule has 1 atom stereocenters. The van der Waals surface area contributed by atoms with Crippen molar-refractivity contribution in [2.45, 2.75) is 135 Å². The van der Waals surface area contributed by atoms with Crippen LogP contribution in [0, 0.1) is 0 Å². The highest BCUT2D eigenvalue weighted by atomic mass is 16.5. The summed E-state index contributed by atoms with van der Waals surface area (Å²) < 4.78 is 5.69. The summed E-state index contributed by atoms with van der Waals surface area (Å²) in [6, 6.07) is 0.258. The summed E-state index contributed by atoms with van der Waals surface area (Å²) in [4.78, 5) is 0. The fraction of sp³-hybridized carbons (Fsp3) is 1.00. The first-order valence-electron chi connectivity index (χ1n) is 12.3. The fourth-order valence-electron chi connectivity index (χ4n) is 3.66. The topological polar surface area (TPSA) is 61.3 Å². The molecule has 0 bridgehead atoms. The molecule has 27 heavy (non-hydrogen) atoms. The van der Waals surface area contributed by atoms with Crippen LogP contribution in [0.4, 0.5) is 0 Å². The second kappa shape index (κ2) is 23.9. The van der Waals surface area contributed by atoms with Gasteiger partial charge in [0.25, 0.3) is 0 Å². The lowest BCUT2D eigenvalue weighted by atomic mass is 10.0. The summed E-state index contributed by atoms with van der Waals surface area (Å²) in [6.07, 6.45) is 25.7. The summed E-state index contributed by atoms with van der Waals surface area (Å²) in [5.74, 6) is 0. The van der Waals surface area contributed by atoms with Gasteiger partial charge in [-0.15, -0.1) is 0 Å². The van der Waals surface area contributed by atoms with Gasteiger partial charge in [0.05, 0.1) is 0 Å². The lowest BCUT2D eigenvalue weighted by Gasteiger charge is -2.10. The minimum atomic E-state index is 0.258. The summed E-state index contributed by atoms with van der Waals surface area (Å²) in [5, 5.41) is 0. The fourth-order valence-corrected chi connectivity index (χ4v) is 3.66. The van der Waals surface area contributed by atoms with Crippen LogP contribution in [0.25, 0.3) is 0 Å². The smallest absolute Gasteiger partial charge is 0.0466 e. The number of ether oxygens (including phenoxy) is 1. The number of hydrogen-bond donors (Lipinski definition) is 2. The van der Waals surface area contributed by atoms with Crippen LogP contribution in [-0.2, 0) is 4.74 Å². The first kappa shape index (κ1) is 26.9. The summed E-state index contributed by atoms with van der Waals surface area (Å²) in [7, 11) is 0. The van der Waals surface area contributed by atoms with E-state index >= 15 is 0 Å². The Balaban J connectivity index is 3.01. The maximum Gasteiger partial charge on any atom is 0.0466 e. The van der Waals surface area contributed by atoms with Gasteiger partial charge in [-0.05, 0) is 32.2 Å². The molecule has 0 spiro atoms. The third-order valence-corrected chi connectivity index (χ3v) is 5.54. The van der Waals surface area contributed by atoms with Gasteiger partial charge in [0.1, 0.15) is 0 Å². The number of rotatable bonds is 23. The molecular formula is C24H52N2O. The van der Waals surface area contributed by atoms with E-state index in [9.17, 15) is 0 Å². The minimum absolute atomic E-state index is 0.258. The molecule has 3 nitrogen and oxygen atoms in total. The molecule has 0 aliphatic heterocycles. The van der Waals surface area contributed by atoms with E-state index in [1.807, 2.05) is 0 Å². The van der Waals surface area contributed by atoms with E-state index in [1.54, 1.807) is 0 Å². The molecule has 0 heterocycles. The van der Waals surface area contributed by atoms with Gasteiger partial charge in [0.15, 0.2) is 0 Å². The Kier molecular flexibility index (Phi) is 23.8. The number of nitrogens with two attached hydrogens (primary N) is 2. The Bertz CT molecular complexity index is 261. The van der Waals surface area contributed by atoms with Crippen LogP contribution in [0.2, 0.25) is 0 Å². The van der Waals surface area contributed by atoms with Crippen LogP contribution in [-0.4, -0.2) is 25.8 Å². The average Bonchev–Trinajstić information content (AvgIpc) is 2.66. The van der Waals surface area contributed by atoms with Crippen LogP contribution in [0.3, 0.4) is 0 Å². The molecule has 1 unspecified atom stereocenters. The molecule has 0 saturated heterocycles. The molecule has 0 amide bonds. The van der Waals surface area contributed by atoms with E-state index in [0.29, 0.717) is 6.54 Å². The number of hydrogen-bond acceptors (Lipinski definition) is 3.